The summed E-state index contributed by atoms with van der Waals surface area (Å²) in [6.07, 6.45) is 7.14. The second-order valence-corrected chi connectivity index (χ2v) is 8.15. The Morgan fingerprint density at radius 1 is 1.08 bits per heavy atom. The molecule has 3 aliphatic rings. The molecule has 0 unspecified atom stereocenters. The van der Waals surface area contributed by atoms with E-state index in [1.165, 1.54) is 19.3 Å². The van der Waals surface area contributed by atoms with Gasteiger partial charge in [0.2, 0.25) is 5.91 Å². The molecule has 1 aromatic rings. The average Bonchev–Trinajstić information content (AvgIpc) is 3.30. The van der Waals surface area contributed by atoms with E-state index in [1.807, 2.05) is 30.3 Å². The quantitative estimate of drug-likeness (QED) is 0.916. The van der Waals surface area contributed by atoms with Gasteiger partial charge in [0.25, 0.3) is 5.91 Å². The minimum atomic E-state index is -0.0165. The van der Waals surface area contributed by atoms with E-state index < -0.39 is 0 Å². The van der Waals surface area contributed by atoms with Crippen LogP contribution in [0.3, 0.4) is 0 Å². The zero-order valence-electron chi connectivity index (χ0n) is 14.8. The first-order valence-corrected chi connectivity index (χ1v) is 9.82. The molecule has 1 aliphatic heterocycles. The Hall–Kier alpha value is -1.84. The maximum absolute atomic E-state index is 12.9. The van der Waals surface area contributed by atoms with Crippen molar-refractivity contribution in [2.24, 2.45) is 23.7 Å². The molecule has 4 rings (SSSR count). The fraction of sp³-hybridized carbons (Fsp3) is 0.619. The first kappa shape index (κ1) is 16.6. The number of nitrogens with zero attached hydrogens (tertiary/aromatic N) is 1. The maximum atomic E-state index is 12.9. The number of carbonyl (C=O) groups excluding carboxylic acids is 2. The van der Waals surface area contributed by atoms with E-state index in [9.17, 15) is 9.59 Å². The average molecular weight is 340 g/mol. The van der Waals surface area contributed by atoms with Gasteiger partial charge in [-0.25, -0.2) is 0 Å². The number of piperidine rings is 1. The Morgan fingerprint density at radius 2 is 1.92 bits per heavy atom. The van der Waals surface area contributed by atoms with Crippen LogP contribution in [0, 0.1) is 23.7 Å². The molecule has 2 saturated carbocycles. The molecule has 25 heavy (non-hydrogen) atoms. The largest absolute Gasteiger partial charge is 0.352 e. The minimum absolute atomic E-state index is 0.0165. The van der Waals surface area contributed by atoms with Crippen LogP contribution in [-0.4, -0.2) is 36.3 Å². The molecule has 0 spiro atoms. The van der Waals surface area contributed by atoms with E-state index in [4.69, 9.17) is 0 Å². The van der Waals surface area contributed by atoms with Gasteiger partial charge in [0, 0.05) is 31.1 Å². The standard InChI is InChI=1S/C21H28N2O2/c24-20(17-6-2-1-3-7-17)22-13-16-5-4-10-23(14-16)21(25)19-12-15-8-9-18(19)11-15/h1-3,6-7,15-16,18-19H,4-5,8-14H2,(H,22,24)/t15-,16+,18-,19+/m0/s1. The van der Waals surface area contributed by atoms with Gasteiger partial charge >= 0.3 is 0 Å². The predicted octanol–water partition coefficient (Wildman–Crippen LogP) is 3.09. The molecule has 2 aliphatic carbocycles. The number of fused-ring (bicyclic) bond motifs is 2. The van der Waals surface area contributed by atoms with Crippen LogP contribution in [0.15, 0.2) is 30.3 Å². The molecule has 2 bridgehead atoms. The van der Waals surface area contributed by atoms with Crippen LogP contribution in [-0.2, 0) is 4.79 Å². The Bertz CT molecular complexity index is 630. The van der Waals surface area contributed by atoms with Crippen LogP contribution in [0.25, 0.3) is 0 Å². The number of carbonyl (C=O) groups is 2. The van der Waals surface area contributed by atoms with E-state index in [0.29, 0.717) is 29.9 Å². The fourth-order valence-corrected chi connectivity index (χ4v) is 5.14. The molecule has 4 heteroatoms. The molecule has 1 saturated heterocycles. The first-order chi connectivity index (χ1) is 12.2. The highest BCUT2D eigenvalue weighted by molar-refractivity contribution is 5.94. The summed E-state index contributed by atoms with van der Waals surface area (Å²) >= 11 is 0. The fourth-order valence-electron chi connectivity index (χ4n) is 5.14. The molecule has 134 valence electrons. The summed E-state index contributed by atoms with van der Waals surface area (Å²) in [7, 11) is 0. The molecule has 0 aromatic heterocycles. The van der Waals surface area contributed by atoms with Crippen LogP contribution in [0.2, 0.25) is 0 Å². The third-order valence-corrected chi connectivity index (χ3v) is 6.47. The van der Waals surface area contributed by atoms with Crippen molar-refractivity contribution in [3.05, 3.63) is 35.9 Å². The van der Waals surface area contributed by atoms with Crippen LogP contribution in [0.5, 0.6) is 0 Å². The van der Waals surface area contributed by atoms with E-state index in [1.54, 1.807) is 0 Å². The van der Waals surface area contributed by atoms with Crippen molar-refractivity contribution < 1.29 is 9.59 Å². The summed E-state index contributed by atoms with van der Waals surface area (Å²) in [5.74, 6) is 2.50. The van der Waals surface area contributed by atoms with E-state index in [-0.39, 0.29) is 11.8 Å². The summed E-state index contributed by atoms with van der Waals surface area (Å²) < 4.78 is 0. The lowest BCUT2D eigenvalue weighted by Crippen LogP contribution is -2.46. The maximum Gasteiger partial charge on any atom is 0.251 e. The first-order valence-electron chi connectivity index (χ1n) is 9.82. The number of rotatable bonds is 4. The van der Waals surface area contributed by atoms with Crippen molar-refractivity contribution in [2.75, 3.05) is 19.6 Å². The molecule has 0 radical (unpaired) electrons. The summed E-state index contributed by atoms with van der Waals surface area (Å²) in [5.41, 5.74) is 0.702. The van der Waals surface area contributed by atoms with Crippen LogP contribution >= 0.6 is 0 Å². The smallest absolute Gasteiger partial charge is 0.251 e. The summed E-state index contributed by atoms with van der Waals surface area (Å²) in [5, 5.41) is 3.05. The molecule has 1 N–H and O–H groups in total. The van der Waals surface area contributed by atoms with Crippen LogP contribution in [0.4, 0.5) is 0 Å². The van der Waals surface area contributed by atoms with Crippen molar-refractivity contribution in [1.29, 1.82) is 0 Å². The Balaban J connectivity index is 1.29. The highest BCUT2D eigenvalue weighted by atomic mass is 16.2. The Kier molecular flexibility index (Phi) is 4.78. The van der Waals surface area contributed by atoms with Crippen molar-refractivity contribution in [1.82, 2.24) is 10.2 Å². The SMILES string of the molecule is O=C(NC[C@H]1CCCN(C(=O)[C@@H]2C[C@H]3CC[C@H]2C3)C1)c1ccccc1. The molecule has 4 nitrogen and oxygen atoms in total. The highest BCUT2D eigenvalue weighted by Gasteiger charge is 2.44. The van der Waals surface area contributed by atoms with Crippen molar-refractivity contribution in [2.45, 2.75) is 38.5 Å². The molecular formula is C21H28N2O2. The molecule has 2 amide bonds. The topological polar surface area (TPSA) is 49.4 Å². The van der Waals surface area contributed by atoms with Gasteiger partial charge in [-0.3, -0.25) is 9.59 Å². The van der Waals surface area contributed by atoms with E-state index >= 15 is 0 Å². The lowest BCUT2D eigenvalue weighted by Gasteiger charge is -2.36. The molecular weight excluding hydrogens is 312 g/mol. The highest BCUT2D eigenvalue weighted by Crippen LogP contribution is 2.49. The zero-order chi connectivity index (χ0) is 17.2. The van der Waals surface area contributed by atoms with Crippen molar-refractivity contribution in [3.8, 4) is 0 Å². The van der Waals surface area contributed by atoms with Crippen molar-refractivity contribution >= 4 is 11.8 Å². The Labute approximate surface area is 150 Å². The number of hydrogen-bond acceptors (Lipinski definition) is 2. The normalized spacial score (nSPS) is 31.1. The van der Waals surface area contributed by atoms with Gasteiger partial charge < -0.3 is 10.2 Å². The van der Waals surface area contributed by atoms with Crippen LogP contribution in [0.1, 0.15) is 48.9 Å². The Morgan fingerprint density at radius 3 is 2.64 bits per heavy atom. The summed E-state index contributed by atoms with van der Waals surface area (Å²) in [6.45, 7) is 2.37. The van der Waals surface area contributed by atoms with Gasteiger partial charge in [-0.15, -0.1) is 0 Å². The van der Waals surface area contributed by atoms with Gasteiger partial charge in [0.1, 0.15) is 0 Å². The third-order valence-electron chi connectivity index (χ3n) is 6.47. The number of nitrogens with one attached hydrogen (secondary N) is 1. The second-order valence-electron chi connectivity index (χ2n) is 8.15. The zero-order valence-corrected chi connectivity index (χ0v) is 14.8. The van der Waals surface area contributed by atoms with Gasteiger partial charge in [-0.2, -0.15) is 0 Å². The number of benzene rings is 1. The second kappa shape index (κ2) is 7.19. The minimum Gasteiger partial charge on any atom is -0.352 e. The van der Waals surface area contributed by atoms with E-state index in [0.717, 1.165) is 38.3 Å². The number of hydrogen-bond donors (Lipinski definition) is 1. The lowest BCUT2D eigenvalue weighted by molar-refractivity contribution is -0.139. The summed E-state index contributed by atoms with van der Waals surface area (Å²) in [4.78, 5) is 27.2. The molecule has 1 aromatic carbocycles. The molecule has 3 fully saturated rings. The van der Waals surface area contributed by atoms with Crippen molar-refractivity contribution in [3.63, 3.8) is 0 Å². The van der Waals surface area contributed by atoms with Gasteiger partial charge in [-0.05, 0) is 62.0 Å². The van der Waals surface area contributed by atoms with Gasteiger partial charge in [0.15, 0.2) is 0 Å². The van der Waals surface area contributed by atoms with Gasteiger partial charge in [0.05, 0.1) is 0 Å². The molecule has 1 heterocycles. The third kappa shape index (κ3) is 3.58. The summed E-state index contributed by atoms with van der Waals surface area (Å²) in [6, 6.07) is 9.34. The van der Waals surface area contributed by atoms with Gasteiger partial charge in [-0.1, -0.05) is 24.6 Å². The predicted molar refractivity (Wildman–Crippen MR) is 97.0 cm³/mol. The molecule has 4 atom stereocenters. The number of likely N-dealkylation sites (tertiary alicyclic amines) is 1. The van der Waals surface area contributed by atoms with E-state index in [2.05, 4.69) is 10.2 Å². The van der Waals surface area contributed by atoms with Crippen LogP contribution < -0.4 is 5.32 Å². The number of amides is 2. The lowest BCUT2D eigenvalue weighted by atomic mass is 9.86. The monoisotopic (exact) mass is 340 g/mol.